The zero-order valence-corrected chi connectivity index (χ0v) is 12.6. The van der Waals surface area contributed by atoms with Gasteiger partial charge in [-0.15, -0.1) is 0 Å². The lowest BCUT2D eigenvalue weighted by Crippen LogP contribution is -2.10. The molecule has 0 spiro atoms. The minimum absolute atomic E-state index is 0.0290. The summed E-state index contributed by atoms with van der Waals surface area (Å²) in [7, 11) is 0. The van der Waals surface area contributed by atoms with Crippen molar-refractivity contribution in [1.82, 2.24) is 4.98 Å². The van der Waals surface area contributed by atoms with Crippen LogP contribution in [-0.2, 0) is 16.0 Å². The Hall–Kier alpha value is -0.310. The highest BCUT2D eigenvalue weighted by molar-refractivity contribution is 14.1. The molecule has 0 saturated heterocycles. The number of halogens is 4. The van der Waals surface area contributed by atoms with E-state index in [0.717, 1.165) is 0 Å². The molecule has 7 heteroatoms. The van der Waals surface area contributed by atoms with E-state index in [9.17, 15) is 13.6 Å². The minimum atomic E-state index is -2.64. The molecule has 0 N–H and O–H groups in total. The summed E-state index contributed by atoms with van der Waals surface area (Å²) in [5, 5.41) is 0. The second-order valence-electron chi connectivity index (χ2n) is 3.08. The van der Waals surface area contributed by atoms with Gasteiger partial charge in [0.2, 0.25) is 0 Å². The van der Waals surface area contributed by atoms with Gasteiger partial charge >= 0.3 is 5.97 Å². The van der Waals surface area contributed by atoms with Crippen LogP contribution in [0, 0.1) is 3.57 Å². The Morgan fingerprint density at radius 2 is 2.29 bits per heavy atom. The minimum Gasteiger partial charge on any atom is -0.466 e. The van der Waals surface area contributed by atoms with E-state index in [1.165, 1.54) is 6.20 Å². The van der Waals surface area contributed by atoms with Crippen molar-refractivity contribution in [3.05, 3.63) is 25.5 Å². The fourth-order valence-corrected chi connectivity index (χ4v) is 2.29. The van der Waals surface area contributed by atoms with Gasteiger partial charge in [0, 0.05) is 9.77 Å². The van der Waals surface area contributed by atoms with Crippen LogP contribution in [0.3, 0.4) is 0 Å². The van der Waals surface area contributed by atoms with Crippen LogP contribution >= 0.6 is 38.5 Å². The molecule has 0 atom stereocenters. The third kappa shape index (κ3) is 3.84. The van der Waals surface area contributed by atoms with Crippen molar-refractivity contribution in [1.29, 1.82) is 0 Å². The molecule has 0 aliphatic rings. The van der Waals surface area contributed by atoms with Gasteiger partial charge in [-0.05, 0) is 51.0 Å². The van der Waals surface area contributed by atoms with Gasteiger partial charge in [-0.25, -0.2) is 8.78 Å². The van der Waals surface area contributed by atoms with Crippen LogP contribution in [0.1, 0.15) is 24.6 Å². The van der Waals surface area contributed by atoms with Crippen LogP contribution in [0.25, 0.3) is 0 Å². The molecule has 0 fully saturated rings. The van der Waals surface area contributed by atoms with E-state index >= 15 is 0 Å². The molecule has 0 radical (unpaired) electrons. The third-order valence-corrected chi connectivity index (χ3v) is 4.68. The molecular formula is C10H9BrF2INO2. The quantitative estimate of drug-likeness (QED) is 0.554. The van der Waals surface area contributed by atoms with Gasteiger partial charge in [-0.2, -0.15) is 0 Å². The van der Waals surface area contributed by atoms with Crippen molar-refractivity contribution >= 4 is 44.5 Å². The number of carbonyl (C=O) groups excluding carboxylic acids is 1. The molecule has 1 aromatic heterocycles. The molecule has 0 aromatic carbocycles. The maximum atomic E-state index is 12.5. The summed E-state index contributed by atoms with van der Waals surface area (Å²) in [4.78, 5) is 14.9. The highest BCUT2D eigenvalue weighted by atomic mass is 127. The molecule has 17 heavy (non-hydrogen) atoms. The lowest BCUT2D eigenvalue weighted by molar-refractivity contribution is -0.142. The first-order valence-corrected chi connectivity index (χ1v) is 6.61. The number of carbonyl (C=O) groups is 1. The van der Waals surface area contributed by atoms with E-state index in [4.69, 9.17) is 4.74 Å². The first-order chi connectivity index (χ1) is 7.97. The van der Waals surface area contributed by atoms with Crippen LogP contribution in [0.2, 0.25) is 0 Å². The van der Waals surface area contributed by atoms with Crippen LogP contribution in [0.15, 0.2) is 10.7 Å². The SMILES string of the molecule is CCOC(=O)Cc1cnc(C(F)F)c(Br)c1I. The molecule has 3 nitrogen and oxygen atoms in total. The normalized spacial score (nSPS) is 10.7. The van der Waals surface area contributed by atoms with Gasteiger partial charge in [0.1, 0.15) is 5.69 Å². The number of ether oxygens (including phenoxy) is 1. The van der Waals surface area contributed by atoms with Gasteiger partial charge in [-0.3, -0.25) is 9.78 Å². The Morgan fingerprint density at radius 3 is 2.82 bits per heavy atom. The highest BCUT2D eigenvalue weighted by Crippen LogP contribution is 2.31. The van der Waals surface area contributed by atoms with E-state index in [1.54, 1.807) is 6.92 Å². The smallest absolute Gasteiger partial charge is 0.310 e. The maximum Gasteiger partial charge on any atom is 0.310 e. The number of pyridine rings is 1. The predicted molar refractivity (Wildman–Crippen MR) is 69.9 cm³/mol. The molecule has 1 rings (SSSR count). The van der Waals surface area contributed by atoms with E-state index in [1.807, 2.05) is 22.6 Å². The molecule has 0 aliphatic heterocycles. The Kier molecular flexibility index (Phi) is 5.71. The van der Waals surface area contributed by atoms with Crippen LogP contribution in [0.5, 0.6) is 0 Å². The fourth-order valence-electron chi connectivity index (χ4n) is 1.16. The van der Waals surface area contributed by atoms with E-state index in [2.05, 4.69) is 20.9 Å². The lowest BCUT2D eigenvalue weighted by atomic mass is 10.2. The first-order valence-electron chi connectivity index (χ1n) is 4.73. The van der Waals surface area contributed by atoms with Crippen LogP contribution < -0.4 is 0 Å². The average molecular weight is 420 g/mol. The number of hydrogen-bond acceptors (Lipinski definition) is 3. The Labute approximate surface area is 119 Å². The van der Waals surface area contributed by atoms with Crippen molar-refractivity contribution in [2.45, 2.75) is 19.8 Å². The van der Waals surface area contributed by atoms with Gasteiger partial charge in [0.25, 0.3) is 6.43 Å². The topological polar surface area (TPSA) is 39.2 Å². The number of rotatable bonds is 4. The molecular weight excluding hydrogens is 411 g/mol. The number of aromatic nitrogens is 1. The molecule has 0 aliphatic carbocycles. The van der Waals surface area contributed by atoms with E-state index in [-0.39, 0.29) is 16.6 Å². The zero-order chi connectivity index (χ0) is 13.0. The summed E-state index contributed by atoms with van der Waals surface area (Å²) in [6, 6.07) is 0. The largest absolute Gasteiger partial charge is 0.466 e. The molecule has 1 aromatic rings. The number of esters is 1. The number of alkyl halides is 2. The standard InChI is InChI=1S/C10H9BrF2INO2/c1-2-17-6(16)3-5-4-15-9(10(12)13)7(11)8(5)14/h4,10H,2-3H2,1H3. The van der Waals surface area contributed by atoms with Crippen LogP contribution in [0.4, 0.5) is 8.78 Å². The summed E-state index contributed by atoms with van der Waals surface area (Å²) in [6.07, 6.45) is -1.33. The monoisotopic (exact) mass is 419 g/mol. The van der Waals surface area contributed by atoms with E-state index in [0.29, 0.717) is 15.7 Å². The maximum absolute atomic E-state index is 12.5. The third-order valence-electron chi connectivity index (χ3n) is 1.91. The molecule has 0 bridgehead atoms. The van der Waals surface area contributed by atoms with Crippen molar-refractivity contribution in [2.24, 2.45) is 0 Å². The second kappa shape index (κ2) is 6.58. The summed E-state index contributed by atoms with van der Waals surface area (Å²) in [6.45, 7) is 2.00. The van der Waals surface area contributed by atoms with Gasteiger partial charge in [0.05, 0.1) is 17.5 Å². The van der Waals surface area contributed by atoms with Crippen molar-refractivity contribution in [3.63, 3.8) is 0 Å². The number of nitrogens with zero attached hydrogens (tertiary/aromatic N) is 1. The molecule has 0 unspecified atom stereocenters. The van der Waals surface area contributed by atoms with E-state index < -0.39 is 12.4 Å². The summed E-state index contributed by atoms with van der Waals surface area (Å²) in [5.41, 5.74) is 0.252. The average Bonchev–Trinajstić information content (AvgIpc) is 2.25. The van der Waals surface area contributed by atoms with Gasteiger partial charge < -0.3 is 4.74 Å². The lowest BCUT2D eigenvalue weighted by Gasteiger charge is -2.09. The van der Waals surface area contributed by atoms with Crippen molar-refractivity contribution < 1.29 is 18.3 Å². The Bertz CT molecular complexity index is 429. The number of hydrogen-bond donors (Lipinski definition) is 0. The summed E-state index contributed by atoms with van der Waals surface area (Å²) >= 11 is 4.96. The highest BCUT2D eigenvalue weighted by Gasteiger charge is 2.19. The summed E-state index contributed by atoms with van der Waals surface area (Å²) < 4.78 is 30.6. The van der Waals surface area contributed by atoms with Crippen LogP contribution in [-0.4, -0.2) is 17.6 Å². The first kappa shape index (κ1) is 14.7. The molecule has 0 saturated carbocycles. The fraction of sp³-hybridized carbons (Fsp3) is 0.400. The predicted octanol–water partition coefficient (Wildman–Crippen LogP) is 3.49. The molecule has 94 valence electrons. The van der Waals surface area contributed by atoms with Gasteiger partial charge in [0.15, 0.2) is 0 Å². The van der Waals surface area contributed by atoms with Crippen molar-refractivity contribution in [3.8, 4) is 0 Å². The second-order valence-corrected chi connectivity index (χ2v) is 4.95. The van der Waals surface area contributed by atoms with Gasteiger partial charge in [-0.1, -0.05) is 0 Å². The van der Waals surface area contributed by atoms with Crippen molar-refractivity contribution in [2.75, 3.05) is 6.61 Å². The summed E-state index contributed by atoms with van der Waals surface area (Å²) in [5.74, 6) is -0.399. The Balaban J connectivity index is 2.96. The Morgan fingerprint density at radius 1 is 1.65 bits per heavy atom. The molecule has 1 heterocycles. The zero-order valence-electron chi connectivity index (χ0n) is 8.84. The molecule has 0 amide bonds.